The van der Waals surface area contributed by atoms with Gasteiger partial charge in [-0.3, -0.25) is 4.79 Å². The van der Waals surface area contributed by atoms with Crippen molar-refractivity contribution in [3.8, 4) is 28.7 Å². The summed E-state index contributed by atoms with van der Waals surface area (Å²) in [5.41, 5.74) is 2.88. The van der Waals surface area contributed by atoms with E-state index in [1.165, 1.54) is 19.2 Å². The Balaban J connectivity index is 1.51. The molecule has 2 aromatic carbocycles. The molecular formula is C22H19FN4O3. The molecule has 4 rings (SSSR count). The first-order valence-corrected chi connectivity index (χ1v) is 9.23. The predicted molar refractivity (Wildman–Crippen MR) is 109 cm³/mol. The van der Waals surface area contributed by atoms with E-state index >= 15 is 0 Å². The second kappa shape index (κ2) is 8.20. The lowest BCUT2D eigenvalue weighted by Crippen LogP contribution is -2.18. The number of hydrogen-bond acceptors (Lipinski definition) is 5. The van der Waals surface area contributed by atoms with E-state index < -0.39 is 5.82 Å². The maximum atomic E-state index is 14.0. The van der Waals surface area contributed by atoms with Crippen molar-refractivity contribution in [1.29, 1.82) is 0 Å². The number of carbonyl (C=O) groups excluding carboxylic acids is 1. The summed E-state index contributed by atoms with van der Waals surface area (Å²) in [6.45, 7) is 2.06. The Kier molecular flexibility index (Phi) is 5.30. The summed E-state index contributed by atoms with van der Waals surface area (Å²) in [5, 5.41) is 6.78. The van der Waals surface area contributed by atoms with Gasteiger partial charge in [0.05, 0.1) is 7.11 Å². The number of carbonyl (C=O) groups is 1. The molecule has 1 amide bonds. The number of nitrogens with one attached hydrogen (secondary N) is 1. The quantitative estimate of drug-likeness (QED) is 0.516. The van der Waals surface area contributed by atoms with Crippen molar-refractivity contribution in [1.82, 2.24) is 14.7 Å². The summed E-state index contributed by atoms with van der Waals surface area (Å²) < 4.78 is 25.9. The fraction of sp³-hybridized carbons (Fsp3) is 0.136. The van der Waals surface area contributed by atoms with Crippen LogP contribution in [-0.2, 0) is 11.3 Å². The molecule has 0 unspecified atom stereocenters. The third-order valence-corrected chi connectivity index (χ3v) is 4.53. The van der Waals surface area contributed by atoms with E-state index in [2.05, 4.69) is 15.5 Å². The topological polar surface area (TPSA) is 82.2 Å². The fourth-order valence-electron chi connectivity index (χ4n) is 2.99. The molecule has 0 bridgehead atoms. The highest BCUT2D eigenvalue weighted by molar-refractivity contribution is 5.90. The molecule has 0 fully saturated rings. The molecule has 0 aliphatic rings. The third kappa shape index (κ3) is 4.07. The first-order valence-electron chi connectivity index (χ1n) is 9.23. The molecule has 2 heterocycles. The Morgan fingerprint density at radius 2 is 2.00 bits per heavy atom. The Labute approximate surface area is 172 Å². The van der Waals surface area contributed by atoms with Crippen molar-refractivity contribution in [2.75, 3.05) is 12.4 Å². The van der Waals surface area contributed by atoms with E-state index in [-0.39, 0.29) is 29.9 Å². The average molecular weight is 406 g/mol. The molecule has 0 radical (unpaired) electrons. The summed E-state index contributed by atoms with van der Waals surface area (Å²) in [4.78, 5) is 16.8. The third-order valence-electron chi connectivity index (χ3n) is 4.53. The monoisotopic (exact) mass is 406 g/mol. The van der Waals surface area contributed by atoms with Crippen molar-refractivity contribution in [2.45, 2.75) is 13.5 Å². The predicted octanol–water partition coefficient (Wildman–Crippen LogP) is 4.30. The summed E-state index contributed by atoms with van der Waals surface area (Å²) in [7, 11) is 1.40. The molecule has 8 heteroatoms. The van der Waals surface area contributed by atoms with Gasteiger partial charge in [0.25, 0.3) is 5.89 Å². The smallest absolute Gasteiger partial charge is 0.274 e. The summed E-state index contributed by atoms with van der Waals surface area (Å²) in [6, 6.07) is 15.5. The van der Waals surface area contributed by atoms with Gasteiger partial charge in [0, 0.05) is 17.4 Å². The number of halogens is 1. The molecule has 152 valence electrons. The van der Waals surface area contributed by atoms with E-state index in [0.717, 1.165) is 11.3 Å². The number of hydrogen-bond donors (Lipinski definition) is 1. The molecule has 30 heavy (non-hydrogen) atoms. The molecule has 7 nitrogen and oxygen atoms in total. The highest BCUT2D eigenvalue weighted by Crippen LogP contribution is 2.26. The van der Waals surface area contributed by atoms with Gasteiger partial charge >= 0.3 is 0 Å². The lowest BCUT2D eigenvalue weighted by atomic mass is 10.2. The maximum absolute atomic E-state index is 14.0. The van der Waals surface area contributed by atoms with E-state index in [1.807, 2.05) is 31.2 Å². The lowest BCUT2D eigenvalue weighted by Gasteiger charge is -2.08. The Hall–Kier alpha value is -3.94. The zero-order chi connectivity index (χ0) is 21.1. The number of amides is 1. The zero-order valence-corrected chi connectivity index (χ0v) is 16.4. The zero-order valence-electron chi connectivity index (χ0n) is 16.4. The van der Waals surface area contributed by atoms with Gasteiger partial charge in [-0.25, -0.2) is 4.39 Å². The number of rotatable bonds is 6. The standard InChI is InChI=1S/C22H19FN4O3/c1-14-5-8-16(9-6-14)24-20(28)13-27-11-3-4-18(27)22-25-21(26-30-22)15-7-10-19(29-2)17(23)12-15/h3-12H,13H2,1-2H3,(H,24,28). The molecule has 0 spiro atoms. The number of nitrogens with zero attached hydrogens (tertiary/aromatic N) is 3. The van der Waals surface area contributed by atoms with Crippen LogP contribution in [0.1, 0.15) is 5.56 Å². The molecule has 0 aliphatic heterocycles. The molecule has 0 saturated carbocycles. The minimum Gasteiger partial charge on any atom is -0.494 e. The minimum absolute atomic E-state index is 0.0745. The Morgan fingerprint density at radius 3 is 2.73 bits per heavy atom. The lowest BCUT2D eigenvalue weighted by molar-refractivity contribution is -0.116. The van der Waals surface area contributed by atoms with Crippen LogP contribution in [0.3, 0.4) is 0 Å². The molecule has 0 atom stereocenters. The van der Waals surface area contributed by atoms with Gasteiger partial charge in [0.1, 0.15) is 12.2 Å². The van der Waals surface area contributed by atoms with Gasteiger partial charge in [-0.2, -0.15) is 4.98 Å². The van der Waals surface area contributed by atoms with Gasteiger partial charge in [-0.15, -0.1) is 0 Å². The van der Waals surface area contributed by atoms with Crippen molar-refractivity contribution in [3.05, 3.63) is 72.2 Å². The van der Waals surface area contributed by atoms with Crippen LogP contribution in [0.15, 0.2) is 65.3 Å². The number of aromatic nitrogens is 3. The highest BCUT2D eigenvalue weighted by atomic mass is 19.1. The van der Waals surface area contributed by atoms with Gasteiger partial charge in [0.2, 0.25) is 11.7 Å². The van der Waals surface area contributed by atoms with Gasteiger partial charge < -0.3 is 19.1 Å². The van der Waals surface area contributed by atoms with Crippen molar-refractivity contribution >= 4 is 11.6 Å². The van der Waals surface area contributed by atoms with Crippen LogP contribution >= 0.6 is 0 Å². The normalized spacial score (nSPS) is 10.8. The molecular weight excluding hydrogens is 387 g/mol. The fourth-order valence-corrected chi connectivity index (χ4v) is 2.99. The highest BCUT2D eigenvalue weighted by Gasteiger charge is 2.16. The molecule has 1 N–H and O–H groups in total. The molecule has 0 saturated heterocycles. The van der Waals surface area contributed by atoms with Crippen LogP contribution in [0.4, 0.5) is 10.1 Å². The molecule has 2 aromatic heterocycles. The summed E-state index contributed by atoms with van der Waals surface area (Å²) in [5.74, 6) is -0.0977. The average Bonchev–Trinajstić information content (AvgIpc) is 3.39. The number of anilines is 1. The van der Waals surface area contributed by atoms with Crippen LogP contribution < -0.4 is 10.1 Å². The van der Waals surface area contributed by atoms with Crippen molar-refractivity contribution in [3.63, 3.8) is 0 Å². The number of benzene rings is 2. The first-order chi connectivity index (χ1) is 14.5. The SMILES string of the molecule is COc1ccc(-c2noc(-c3cccn3CC(=O)Nc3ccc(C)cc3)n2)cc1F. The van der Waals surface area contributed by atoms with Crippen LogP contribution in [0.2, 0.25) is 0 Å². The van der Waals surface area contributed by atoms with Crippen molar-refractivity contribution < 1.29 is 18.4 Å². The first kappa shape index (κ1) is 19.4. The Bertz CT molecular complexity index is 1180. The second-order valence-electron chi connectivity index (χ2n) is 6.71. The van der Waals surface area contributed by atoms with Gasteiger partial charge in [-0.05, 0) is 49.4 Å². The molecule has 4 aromatic rings. The van der Waals surface area contributed by atoms with E-state index in [1.54, 1.807) is 29.0 Å². The number of aryl methyl sites for hydroxylation is 1. The second-order valence-corrected chi connectivity index (χ2v) is 6.71. The largest absolute Gasteiger partial charge is 0.494 e. The maximum Gasteiger partial charge on any atom is 0.274 e. The van der Waals surface area contributed by atoms with Gasteiger partial charge in [0.15, 0.2) is 11.6 Å². The van der Waals surface area contributed by atoms with Crippen LogP contribution in [0.25, 0.3) is 23.0 Å². The minimum atomic E-state index is -0.516. The van der Waals surface area contributed by atoms with E-state index in [9.17, 15) is 9.18 Å². The number of methoxy groups -OCH3 is 1. The van der Waals surface area contributed by atoms with E-state index in [4.69, 9.17) is 9.26 Å². The summed E-state index contributed by atoms with van der Waals surface area (Å²) in [6.07, 6.45) is 1.75. The summed E-state index contributed by atoms with van der Waals surface area (Å²) >= 11 is 0. The van der Waals surface area contributed by atoms with Crippen molar-refractivity contribution in [2.24, 2.45) is 0 Å². The Morgan fingerprint density at radius 1 is 1.20 bits per heavy atom. The van der Waals surface area contributed by atoms with E-state index in [0.29, 0.717) is 11.3 Å². The number of ether oxygens (including phenoxy) is 1. The van der Waals surface area contributed by atoms with Crippen LogP contribution in [0.5, 0.6) is 5.75 Å². The molecule has 0 aliphatic carbocycles. The van der Waals surface area contributed by atoms with Crippen LogP contribution in [-0.4, -0.2) is 27.7 Å². The van der Waals surface area contributed by atoms with Gasteiger partial charge in [-0.1, -0.05) is 22.9 Å². The van der Waals surface area contributed by atoms with Crippen LogP contribution in [0, 0.1) is 12.7 Å².